The van der Waals surface area contributed by atoms with Gasteiger partial charge in [-0.05, 0) is 18.8 Å². The summed E-state index contributed by atoms with van der Waals surface area (Å²) in [4.78, 5) is 4.20. The average molecular weight is 210 g/mol. The molecule has 2 unspecified atom stereocenters. The van der Waals surface area contributed by atoms with Crippen LogP contribution in [0.3, 0.4) is 0 Å². The third-order valence-electron chi connectivity index (χ3n) is 2.97. The minimum atomic E-state index is -0.294. The van der Waals surface area contributed by atoms with Crippen LogP contribution in [0.15, 0.2) is 12.4 Å². The Morgan fingerprint density at radius 1 is 1.73 bits per heavy atom. The number of hydrogen-bond acceptors (Lipinski definition) is 3. The highest BCUT2D eigenvalue weighted by Gasteiger charge is 2.20. The first kappa shape index (κ1) is 10.6. The van der Waals surface area contributed by atoms with Crippen LogP contribution in [0.4, 0.5) is 0 Å². The lowest BCUT2D eigenvalue weighted by atomic mass is 9.99. The monoisotopic (exact) mass is 210 g/mol. The first-order valence-corrected chi connectivity index (χ1v) is 5.47. The summed E-state index contributed by atoms with van der Waals surface area (Å²) >= 11 is 0. The molecule has 0 spiro atoms. The summed E-state index contributed by atoms with van der Waals surface area (Å²) in [5.41, 5.74) is 0. The van der Waals surface area contributed by atoms with Gasteiger partial charge in [-0.2, -0.15) is 0 Å². The third-order valence-corrected chi connectivity index (χ3v) is 2.97. The van der Waals surface area contributed by atoms with Crippen LogP contribution in [0.1, 0.15) is 18.7 Å². The number of imidazole rings is 1. The van der Waals surface area contributed by atoms with Crippen LogP contribution in [-0.2, 0) is 18.2 Å². The molecule has 15 heavy (non-hydrogen) atoms. The standard InChI is InChI=1S/C11H18N2O2/c1-13-4-3-12-11(13)7-10(14)6-9-2-5-15-8-9/h3-4,9-10,14H,2,5-8H2,1H3. The molecular weight excluding hydrogens is 192 g/mol. The zero-order chi connectivity index (χ0) is 10.7. The van der Waals surface area contributed by atoms with E-state index in [0.29, 0.717) is 12.3 Å². The van der Waals surface area contributed by atoms with Gasteiger partial charge in [-0.3, -0.25) is 0 Å². The summed E-state index contributed by atoms with van der Waals surface area (Å²) < 4.78 is 7.24. The molecule has 1 aromatic rings. The SMILES string of the molecule is Cn1ccnc1CC(O)CC1CCOC1. The van der Waals surface area contributed by atoms with E-state index >= 15 is 0 Å². The fraction of sp³-hybridized carbons (Fsp3) is 0.727. The summed E-state index contributed by atoms with van der Waals surface area (Å²) in [6.45, 7) is 1.65. The minimum Gasteiger partial charge on any atom is -0.393 e. The molecule has 0 saturated carbocycles. The molecular formula is C11H18N2O2. The van der Waals surface area contributed by atoms with Gasteiger partial charge in [0.1, 0.15) is 5.82 Å². The Morgan fingerprint density at radius 3 is 3.20 bits per heavy atom. The molecule has 0 radical (unpaired) electrons. The first-order valence-electron chi connectivity index (χ1n) is 5.47. The number of aryl methyl sites for hydroxylation is 1. The number of hydrogen-bond donors (Lipinski definition) is 1. The molecule has 1 fully saturated rings. The molecule has 2 atom stereocenters. The van der Waals surface area contributed by atoms with E-state index in [1.165, 1.54) is 0 Å². The van der Waals surface area contributed by atoms with Crippen molar-refractivity contribution in [2.75, 3.05) is 13.2 Å². The van der Waals surface area contributed by atoms with E-state index in [2.05, 4.69) is 4.98 Å². The maximum absolute atomic E-state index is 9.90. The second kappa shape index (κ2) is 4.77. The van der Waals surface area contributed by atoms with Crippen molar-refractivity contribution < 1.29 is 9.84 Å². The highest BCUT2D eigenvalue weighted by molar-refractivity contribution is 4.93. The smallest absolute Gasteiger partial charge is 0.110 e. The predicted molar refractivity (Wildman–Crippen MR) is 56.5 cm³/mol. The van der Waals surface area contributed by atoms with Crippen molar-refractivity contribution >= 4 is 0 Å². The molecule has 0 bridgehead atoms. The Kier molecular flexibility index (Phi) is 3.38. The van der Waals surface area contributed by atoms with E-state index in [0.717, 1.165) is 31.9 Å². The summed E-state index contributed by atoms with van der Waals surface area (Å²) in [5, 5.41) is 9.90. The van der Waals surface area contributed by atoms with Gasteiger partial charge in [0.15, 0.2) is 0 Å². The molecule has 84 valence electrons. The Balaban J connectivity index is 1.81. The van der Waals surface area contributed by atoms with Gasteiger partial charge >= 0.3 is 0 Å². The van der Waals surface area contributed by atoms with Crippen molar-refractivity contribution in [3.63, 3.8) is 0 Å². The van der Waals surface area contributed by atoms with Crippen LogP contribution in [0.25, 0.3) is 0 Å². The van der Waals surface area contributed by atoms with Crippen molar-refractivity contribution in [1.29, 1.82) is 0 Å². The van der Waals surface area contributed by atoms with E-state index in [1.54, 1.807) is 6.20 Å². The lowest BCUT2D eigenvalue weighted by Crippen LogP contribution is -2.18. The van der Waals surface area contributed by atoms with Crippen LogP contribution < -0.4 is 0 Å². The summed E-state index contributed by atoms with van der Waals surface area (Å²) in [5.74, 6) is 1.47. The average Bonchev–Trinajstić information content (AvgIpc) is 2.79. The molecule has 1 aromatic heterocycles. The largest absolute Gasteiger partial charge is 0.393 e. The molecule has 1 aliphatic heterocycles. The first-order chi connectivity index (χ1) is 7.25. The van der Waals surface area contributed by atoms with Gasteiger partial charge in [-0.15, -0.1) is 0 Å². The lowest BCUT2D eigenvalue weighted by Gasteiger charge is -2.13. The van der Waals surface area contributed by atoms with Gasteiger partial charge < -0.3 is 14.4 Å². The van der Waals surface area contributed by atoms with Crippen molar-refractivity contribution in [3.05, 3.63) is 18.2 Å². The number of ether oxygens (including phenoxy) is 1. The fourth-order valence-corrected chi connectivity index (χ4v) is 2.04. The maximum atomic E-state index is 9.90. The van der Waals surface area contributed by atoms with Gasteiger partial charge in [0.05, 0.1) is 6.10 Å². The number of nitrogens with zero attached hydrogens (tertiary/aromatic N) is 2. The number of aliphatic hydroxyl groups is 1. The highest BCUT2D eigenvalue weighted by Crippen LogP contribution is 2.19. The highest BCUT2D eigenvalue weighted by atomic mass is 16.5. The van der Waals surface area contributed by atoms with E-state index < -0.39 is 0 Å². The predicted octanol–water partition coefficient (Wildman–Crippen LogP) is 0.750. The second-order valence-corrected chi connectivity index (χ2v) is 4.28. The molecule has 0 aromatic carbocycles. The van der Waals surface area contributed by atoms with Crippen LogP contribution in [0.2, 0.25) is 0 Å². The van der Waals surface area contributed by atoms with Gasteiger partial charge in [0.2, 0.25) is 0 Å². The van der Waals surface area contributed by atoms with Gasteiger partial charge in [0, 0.05) is 39.1 Å². The van der Waals surface area contributed by atoms with Crippen LogP contribution >= 0.6 is 0 Å². The van der Waals surface area contributed by atoms with Gasteiger partial charge in [-0.25, -0.2) is 4.98 Å². The van der Waals surface area contributed by atoms with Crippen molar-refractivity contribution in [1.82, 2.24) is 9.55 Å². The Morgan fingerprint density at radius 2 is 2.60 bits per heavy atom. The number of aliphatic hydroxyl groups excluding tert-OH is 1. The molecule has 1 N–H and O–H groups in total. The van der Waals surface area contributed by atoms with Crippen LogP contribution in [0, 0.1) is 5.92 Å². The van der Waals surface area contributed by atoms with Crippen LogP contribution in [-0.4, -0.2) is 34.0 Å². The number of aromatic nitrogens is 2. The fourth-order valence-electron chi connectivity index (χ4n) is 2.04. The van der Waals surface area contributed by atoms with Crippen molar-refractivity contribution in [2.45, 2.75) is 25.4 Å². The van der Waals surface area contributed by atoms with Crippen LogP contribution in [0.5, 0.6) is 0 Å². The second-order valence-electron chi connectivity index (χ2n) is 4.28. The molecule has 2 heterocycles. The van der Waals surface area contributed by atoms with Crippen molar-refractivity contribution in [3.8, 4) is 0 Å². The molecule has 0 aliphatic carbocycles. The lowest BCUT2D eigenvalue weighted by molar-refractivity contribution is 0.126. The number of rotatable bonds is 4. The van der Waals surface area contributed by atoms with E-state index in [9.17, 15) is 5.11 Å². The molecule has 1 saturated heterocycles. The Bertz CT molecular complexity index is 305. The van der Waals surface area contributed by atoms with Crippen molar-refractivity contribution in [2.24, 2.45) is 13.0 Å². The molecule has 1 aliphatic rings. The van der Waals surface area contributed by atoms with E-state index in [4.69, 9.17) is 4.74 Å². The van der Waals surface area contributed by atoms with Gasteiger partial charge in [-0.1, -0.05) is 0 Å². The van der Waals surface area contributed by atoms with E-state index in [1.807, 2.05) is 17.8 Å². The molecule has 0 amide bonds. The summed E-state index contributed by atoms with van der Waals surface area (Å²) in [7, 11) is 1.95. The quantitative estimate of drug-likeness (QED) is 0.797. The molecule has 4 nitrogen and oxygen atoms in total. The summed E-state index contributed by atoms with van der Waals surface area (Å²) in [6, 6.07) is 0. The zero-order valence-electron chi connectivity index (χ0n) is 9.09. The van der Waals surface area contributed by atoms with Gasteiger partial charge in [0.25, 0.3) is 0 Å². The Hall–Kier alpha value is -0.870. The Labute approximate surface area is 89.9 Å². The minimum absolute atomic E-state index is 0.294. The van der Waals surface area contributed by atoms with E-state index in [-0.39, 0.29) is 6.10 Å². The zero-order valence-corrected chi connectivity index (χ0v) is 9.09. The molecule has 4 heteroatoms. The topological polar surface area (TPSA) is 47.3 Å². The summed E-state index contributed by atoms with van der Waals surface area (Å²) in [6.07, 6.45) is 5.92. The maximum Gasteiger partial charge on any atom is 0.110 e. The normalized spacial score (nSPS) is 23.2. The third kappa shape index (κ3) is 2.79. The molecule has 2 rings (SSSR count).